The van der Waals surface area contributed by atoms with E-state index >= 15 is 0 Å². The monoisotopic (exact) mass is 509 g/mol. The first-order valence-electron chi connectivity index (χ1n) is 9.64. The first-order chi connectivity index (χ1) is 12.8. The fourth-order valence-corrected chi connectivity index (χ4v) is 5.05. The summed E-state index contributed by atoms with van der Waals surface area (Å²) in [5.41, 5.74) is 0.176. The highest BCUT2D eigenvalue weighted by molar-refractivity contribution is 14.0. The molecule has 4 nitrogen and oxygen atoms in total. The van der Waals surface area contributed by atoms with E-state index in [0.29, 0.717) is 29.6 Å². The van der Waals surface area contributed by atoms with Gasteiger partial charge in [-0.2, -0.15) is 13.2 Å². The molecular formula is C20H27F3IN3O. The van der Waals surface area contributed by atoms with Crippen molar-refractivity contribution in [3.63, 3.8) is 0 Å². The number of alkyl halides is 3. The van der Waals surface area contributed by atoms with Gasteiger partial charge in [0.2, 0.25) is 0 Å². The minimum absolute atomic E-state index is 0. The number of hydrogen-bond acceptors (Lipinski definition) is 2. The van der Waals surface area contributed by atoms with Gasteiger partial charge in [0.1, 0.15) is 0 Å². The SMILES string of the molecule is CN=C(NC(C)c1cccc(C(F)(F)F)c1)NC1C2CCOC2C12CCC2.I. The van der Waals surface area contributed by atoms with Crippen LogP contribution in [0.3, 0.4) is 0 Å². The molecule has 0 amide bonds. The minimum Gasteiger partial charge on any atom is -0.377 e. The predicted molar refractivity (Wildman–Crippen MR) is 113 cm³/mol. The molecule has 1 heterocycles. The Bertz CT molecular complexity index is 736. The van der Waals surface area contributed by atoms with Gasteiger partial charge in [-0.05, 0) is 43.9 Å². The molecule has 1 aliphatic heterocycles. The number of nitrogens with zero attached hydrogens (tertiary/aromatic N) is 1. The Morgan fingerprint density at radius 3 is 2.68 bits per heavy atom. The lowest BCUT2D eigenvalue weighted by Gasteiger charge is -2.63. The van der Waals surface area contributed by atoms with Crippen molar-refractivity contribution in [3.05, 3.63) is 35.4 Å². The van der Waals surface area contributed by atoms with E-state index in [2.05, 4.69) is 15.6 Å². The second-order valence-electron chi connectivity index (χ2n) is 8.01. The molecule has 156 valence electrons. The lowest BCUT2D eigenvalue weighted by molar-refractivity contribution is -0.171. The van der Waals surface area contributed by atoms with E-state index in [-0.39, 0.29) is 35.4 Å². The quantitative estimate of drug-likeness (QED) is 0.358. The molecule has 4 unspecified atom stereocenters. The molecule has 0 radical (unpaired) electrons. The molecule has 0 bridgehead atoms. The molecule has 1 spiro atoms. The van der Waals surface area contributed by atoms with E-state index in [1.807, 2.05) is 6.92 Å². The average molecular weight is 509 g/mol. The van der Waals surface area contributed by atoms with Gasteiger partial charge in [0.05, 0.1) is 17.7 Å². The zero-order valence-electron chi connectivity index (χ0n) is 16.1. The molecule has 1 aromatic carbocycles. The number of ether oxygens (including phenoxy) is 1. The fourth-order valence-electron chi connectivity index (χ4n) is 5.05. The van der Waals surface area contributed by atoms with Crippen LogP contribution in [0.4, 0.5) is 13.2 Å². The maximum atomic E-state index is 13.0. The van der Waals surface area contributed by atoms with Crippen LogP contribution < -0.4 is 10.6 Å². The Morgan fingerprint density at radius 1 is 1.32 bits per heavy atom. The summed E-state index contributed by atoms with van der Waals surface area (Å²) >= 11 is 0. The highest BCUT2D eigenvalue weighted by atomic mass is 127. The van der Waals surface area contributed by atoms with Crippen molar-refractivity contribution in [1.29, 1.82) is 0 Å². The minimum atomic E-state index is -4.34. The lowest BCUT2D eigenvalue weighted by Crippen LogP contribution is -2.72. The van der Waals surface area contributed by atoms with Crippen LogP contribution in [-0.4, -0.2) is 31.8 Å². The fraction of sp³-hybridized carbons (Fsp3) is 0.650. The van der Waals surface area contributed by atoms with Crippen molar-refractivity contribution in [1.82, 2.24) is 10.6 Å². The van der Waals surface area contributed by atoms with Gasteiger partial charge in [0, 0.05) is 31.0 Å². The van der Waals surface area contributed by atoms with Crippen LogP contribution in [0.15, 0.2) is 29.3 Å². The Labute approximate surface area is 180 Å². The number of fused-ring (bicyclic) bond motifs is 2. The van der Waals surface area contributed by atoms with Crippen molar-refractivity contribution in [3.8, 4) is 0 Å². The standard InChI is InChI=1S/C20H26F3N3O.HI/c1-12(13-5-3-6-14(11-13)20(21,22)23)25-18(24-2)26-16-15-7-10-27-17(15)19(16)8-4-9-19;/h3,5-6,11-12,15-17H,4,7-10H2,1-2H3,(H2,24,25,26);1H. The number of hydrogen-bond donors (Lipinski definition) is 2. The third-order valence-corrected chi connectivity index (χ3v) is 6.62. The van der Waals surface area contributed by atoms with Gasteiger partial charge in [-0.25, -0.2) is 0 Å². The second kappa shape index (κ2) is 8.01. The molecule has 4 atom stereocenters. The molecule has 2 N–H and O–H groups in total. The van der Waals surface area contributed by atoms with E-state index < -0.39 is 11.7 Å². The zero-order valence-corrected chi connectivity index (χ0v) is 18.4. The summed E-state index contributed by atoms with van der Waals surface area (Å²) in [6, 6.07) is 5.49. The van der Waals surface area contributed by atoms with Gasteiger partial charge >= 0.3 is 6.18 Å². The largest absolute Gasteiger partial charge is 0.416 e. The summed E-state index contributed by atoms with van der Waals surface area (Å²) < 4.78 is 44.9. The number of rotatable bonds is 3. The van der Waals surface area contributed by atoms with Crippen LogP contribution >= 0.6 is 24.0 Å². The van der Waals surface area contributed by atoms with Gasteiger partial charge in [0.15, 0.2) is 5.96 Å². The van der Waals surface area contributed by atoms with E-state index in [4.69, 9.17) is 4.74 Å². The van der Waals surface area contributed by atoms with E-state index in [1.165, 1.54) is 31.4 Å². The summed E-state index contributed by atoms with van der Waals surface area (Å²) in [5, 5.41) is 6.81. The normalized spacial score (nSPS) is 29.2. The van der Waals surface area contributed by atoms with Crippen molar-refractivity contribution in [2.45, 2.75) is 57.0 Å². The molecule has 1 aromatic rings. The second-order valence-corrected chi connectivity index (χ2v) is 8.01. The predicted octanol–water partition coefficient (Wildman–Crippen LogP) is 4.51. The van der Waals surface area contributed by atoms with Crippen LogP contribution in [0.5, 0.6) is 0 Å². The summed E-state index contributed by atoms with van der Waals surface area (Å²) in [4.78, 5) is 4.32. The van der Waals surface area contributed by atoms with Crippen LogP contribution in [0, 0.1) is 11.3 Å². The number of nitrogens with one attached hydrogen (secondary N) is 2. The Balaban J connectivity index is 0.00000225. The van der Waals surface area contributed by atoms with Crippen molar-refractivity contribution >= 4 is 29.9 Å². The van der Waals surface area contributed by atoms with Crippen LogP contribution in [0.2, 0.25) is 0 Å². The molecule has 2 aliphatic carbocycles. The van der Waals surface area contributed by atoms with E-state index in [1.54, 1.807) is 13.1 Å². The van der Waals surface area contributed by atoms with Gasteiger partial charge in [-0.15, -0.1) is 24.0 Å². The third-order valence-electron chi connectivity index (χ3n) is 6.62. The van der Waals surface area contributed by atoms with Crippen LogP contribution in [0.1, 0.15) is 49.8 Å². The zero-order chi connectivity index (χ0) is 19.2. The third kappa shape index (κ3) is 3.62. The highest BCUT2D eigenvalue weighted by Gasteiger charge is 2.66. The first-order valence-corrected chi connectivity index (χ1v) is 9.64. The van der Waals surface area contributed by atoms with Crippen LogP contribution in [0.25, 0.3) is 0 Å². The Kier molecular flexibility index (Phi) is 6.20. The molecule has 28 heavy (non-hydrogen) atoms. The van der Waals surface area contributed by atoms with Crippen LogP contribution in [-0.2, 0) is 10.9 Å². The highest BCUT2D eigenvalue weighted by Crippen LogP contribution is 2.62. The molecule has 1 saturated heterocycles. The molecule has 3 aliphatic rings. The molecule has 8 heteroatoms. The number of guanidine groups is 1. The van der Waals surface area contributed by atoms with E-state index in [0.717, 1.165) is 19.1 Å². The molecular weight excluding hydrogens is 482 g/mol. The van der Waals surface area contributed by atoms with Crippen molar-refractivity contribution in [2.24, 2.45) is 16.3 Å². The van der Waals surface area contributed by atoms with Gasteiger partial charge in [-0.3, -0.25) is 4.99 Å². The molecule has 3 fully saturated rings. The lowest BCUT2D eigenvalue weighted by atomic mass is 9.46. The summed E-state index contributed by atoms with van der Waals surface area (Å²) in [6.07, 6.45) is 0.665. The van der Waals surface area contributed by atoms with Gasteiger partial charge in [-0.1, -0.05) is 18.6 Å². The van der Waals surface area contributed by atoms with Crippen molar-refractivity contribution in [2.75, 3.05) is 13.7 Å². The smallest absolute Gasteiger partial charge is 0.377 e. The summed E-state index contributed by atoms with van der Waals surface area (Å²) in [7, 11) is 1.70. The maximum Gasteiger partial charge on any atom is 0.416 e. The number of halogens is 4. The van der Waals surface area contributed by atoms with E-state index in [9.17, 15) is 13.2 Å². The number of benzene rings is 1. The first kappa shape index (κ1) is 21.7. The van der Waals surface area contributed by atoms with Gasteiger partial charge in [0.25, 0.3) is 0 Å². The number of aliphatic imine (C=N–C) groups is 1. The molecule has 2 saturated carbocycles. The Morgan fingerprint density at radius 2 is 2.07 bits per heavy atom. The molecule has 4 rings (SSSR count). The summed E-state index contributed by atoms with van der Waals surface area (Å²) in [6.45, 7) is 2.67. The van der Waals surface area contributed by atoms with Crippen molar-refractivity contribution < 1.29 is 17.9 Å². The Hall–Kier alpha value is -1.03. The topological polar surface area (TPSA) is 45.7 Å². The molecule has 0 aromatic heterocycles. The van der Waals surface area contributed by atoms with Gasteiger partial charge < -0.3 is 15.4 Å². The maximum absolute atomic E-state index is 13.0. The summed E-state index contributed by atoms with van der Waals surface area (Å²) in [5.74, 6) is 1.15. The average Bonchev–Trinajstić information content (AvgIpc) is 3.01.